The van der Waals surface area contributed by atoms with Gasteiger partial charge >= 0.3 is 6.30 Å². The second kappa shape index (κ2) is 6.68. The first-order chi connectivity index (χ1) is 10.2. The summed E-state index contributed by atoms with van der Waals surface area (Å²) in [7, 11) is 1.56. The van der Waals surface area contributed by atoms with Crippen LogP contribution in [-0.2, 0) is 29.0 Å². The number of ketones is 1. The molecule has 0 bridgehead atoms. The summed E-state index contributed by atoms with van der Waals surface area (Å²) in [5.41, 5.74) is 2.51. The summed E-state index contributed by atoms with van der Waals surface area (Å²) in [6.45, 7) is 1.38. The van der Waals surface area contributed by atoms with E-state index < -0.39 is 18.1 Å². The number of nitrogens with zero attached hydrogens (tertiary/aromatic N) is 1. The van der Waals surface area contributed by atoms with E-state index in [9.17, 15) is 18.0 Å². The van der Waals surface area contributed by atoms with Crippen LogP contribution < -0.4 is 0 Å². The van der Waals surface area contributed by atoms with Gasteiger partial charge in [0.25, 0.3) is 0 Å². The predicted octanol–water partition coefficient (Wildman–Crippen LogP) is 3.47. The normalized spacial score (nSPS) is 19.6. The summed E-state index contributed by atoms with van der Waals surface area (Å²) >= 11 is 3.41. The van der Waals surface area contributed by atoms with Crippen molar-refractivity contribution in [2.75, 3.05) is 13.7 Å². The Labute approximate surface area is 135 Å². The van der Waals surface area contributed by atoms with Crippen LogP contribution >= 0.6 is 15.9 Å². The maximum atomic E-state index is 13.2. The Balaban J connectivity index is 2.40. The molecule has 0 radical (unpaired) electrons. The van der Waals surface area contributed by atoms with Crippen LogP contribution in [0.25, 0.3) is 0 Å². The van der Waals surface area contributed by atoms with E-state index in [2.05, 4.69) is 15.9 Å². The minimum absolute atomic E-state index is 0.0655. The summed E-state index contributed by atoms with van der Waals surface area (Å²) in [4.78, 5) is 12.0. The molecule has 0 fully saturated rings. The second-order valence-corrected chi connectivity index (χ2v) is 6.24. The Morgan fingerprint density at radius 2 is 2.09 bits per heavy atom. The van der Waals surface area contributed by atoms with E-state index in [0.29, 0.717) is 11.5 Å². The third-order valence-corrected chi connectivity index (χ3v) is 4.61. The number of halogens is 4. The predicted molar refractivity (Wildman–Crippen MR) is 79.5 cm³/mol. The molecule has 7 heteroatoms. The fraction of sp³-hybridized carbons (Fsp3) is 0.533. The van der Waals surface area contributed by atoms with Gasteiger partial charge in [-0.2, -0.15) is 13.2 Å². The summed E-state index contributed by atoms with van der Waals surface area (Å²) in [5.74, 6) is -0.470. The Morgan fingerprint density at radius 1 is 1.41 bits per heavy atom. The number of ether oxygens (including phenoxy) is 1. The number of methoxy groups -OCH3 is 1. The van der Waals surface area contributed by atoms with Gasteiger partial charge in [0.2, 0.25) is 0 Å². The van der Waals surface area contributed by atoms with E-state index in [1.165, 1.54) is 6.92 Å². The number of carbonyl (C=O) groups is 1. The van der Waals surface area contributed by atoms with E-state index in [0.717, 1.165) is 21.2 Å². The summed E-state index contributed by atoms with van der Waals surface area (Å²) < 4.78 is 45.4. The lowest BCUT2D eigenvalue weighted by atomic mass is 9.97. The number of rotatable bonds is 3. The Morgan fingerprint density at radius 3 is 2.64 bits per heavy atom. The van der Waals surface area contributed by atoms with Gasteiger partial charge in [0.15, 0.2) is 0 Å². The molecule has 3 nitrogen and oxygen atoms in total. The molecule has 1 unspecified atom stereocenters. The van der Waals surface area contributed by atoms with Crippen molar-refractivity contribution in [3.63, 3.8) is 0 Å². The molecule has 1 heterocycles. The van der Waals surface area contributed by atoms with Crippen molar-refractivity contribution in [3.8, 4) is 0 Å². The van der Waals surface area contributed by atoms with Gasteiger partial charge in [0.1, 0.15) is 5.78 Å². The molecule has 1 aromatic carbocycles. The monoisotopic (exact) mass is 379 g/mol. The molecule has 0 spiro atoms. The summed E-state index contributed by atoms with van der Waals surface area (Å²) in [6.07, 6.45) is -4.19. The largest absolute Gasteiger partial charge is 0.460 e. The zero-order chi connectivity index (χ0) is 16.5. The third kappa shape index (κ3) is 3.70. The highest BCUT2D eigenvalue weighted by Gasteiger charge is 2.44. The van der Waals surface area contributed by atoms with Crippen LogP contribution in [0.2, 0.25) is 0 Å². The topological polar surface area (TPSA) is 29.5 Å². The van der Waals surface area contributed by atoms with Crippen molar-refractivity contribution in [2.24, 2.45) is 0 Å². The van der Waals surface area contributed by atoms with Gasteiger partial charge in [-0.3, -0.25) is 4.79 Å². The molecule has 0 aromatic heterocycles. The summed E-state index contributed by atoms with van der Waals surface area (Å²) in [6, 6.07) is 2.50. The van der Waals surface area contributed by atoms with Crippen LogP contribution in [-0.4, -0.2) is 36.7 Å². The first-order valence-corrected chi connectivity index (χ1v) is 7.66. The van der Waals surface area contributed by atoms with Crippen molar-refractivity contribution in [1.29, 1.82) is 0 Å². The van der Waals surface area contributed by atoms with Gasteiger partial charge in [-0.15, -0.1) is 0 Å². The van der Waals surface area contributed by atoms with Crippen molar-refractivity contribution < 1.29 is 22.7 Å². The molecule has 2 rings (SSSR count). The van der Waals surface area contributed by atoms with Crippen molar-refractivity contribution >= 4 is 21.7 Å². The van der Waals surface area contributed by atoms with Crippen LogP contribution in [0.5, 0.6) is 0 Å². The third-order valence-electron chi connectivity index (χ3n) is 3.87. The number of benzene rings is 1. The SMILES string of the molecule is COCc1cc2c(cc1Br)CC(C(C)=O)N(C(F)(F)F)CC2. The zero-order valence-electron chi connectivity index (χ0n) is 12.3. The molecule has 0 amide bonds. The standard InChI is InChI=1S/C15H17BrF3NO2/c1-9(21)14-7-11-6-13(16)12(8-22-2)5-10(11)3-4-20(14)15(17,18)19/h5-6,14H,3-4,7-8H2,1-2H3. The average Bonchev–Trinajstić information content (AvgIpc) is 2.58. The lowest BCUT2D eigenvalue weighted by molar-refractivity contribution is -0.255. The maximum Gasteiger partial charge on any atom is 0.460 e. The zero-order valence-corrected chi connectivity index (χ0v) is 13.9. The van der Waals surface area contributed by atoms with Crippen molar-refractivity contribution in [2.45, 2.75) is 38.7 Å². The number of hydrogen-bond donors (Lipinski definition) is 0. The van der Waals surface area contributed by atoms with E-state index in [4.69, 9.17) is 4.74 Å². The highest BCUT2D eigenvalue weighted by molar-refractivity contribution is 9.10. The first-order valence-electron chi connectivity index (χ1n) is 6.87. The second-order valence-electron chi connectivity index (χ2n) is 5.39. The fourth-order valence-electron chi connectivity index (χ4n) is 2.78. The van der Waals surface area contributed by atoms with Crippen molar-refractivity contribution in [1.82, 2.24) is 4.90 Å². The molecule has 0 saturated heterocycles. The smallest absolute Gasteiger partial charge is 0.380 e. The maximum absolute atomic E-state index is 13.2. The molecular weight excluding hydrogens is 363 g/mol. The van der Waals surface area contributed by atoms with Gasteiger partial charge in [-0.25, -0.2) is 4.90 Å². The molecule has 0 N–H and O–H groups in total. The number of alkyl halides is 3. The van der Waals surface area contributed by atoms with Gasteiger partial charge in [0.05, 0.1) is 12.6 Å². The average molecular weight is 380 g/mol. The molecule has 1 aliphatic rings. The molecule has 0 saturated carbocycles. The number of hydrogen-bond acceptors (Lipinski definition) is 3. The number of Topliss-reactive ketones (excluding diaryl/α,β-unsaturated/α-hetero) is 1. The Kier molecular flexibility index (Phi) is 5.29. The van der Waals surface area contributed by atoms with Crippen LogP contribution in [0.1, 0.15) is 23.6 Å². The minimum atomic E-state index is -4.51. The molecule has 122 valence electrons. The molecule has 0 aliphatic carbocycles. The molecule has 1 aromatic rings. The van der Waals surface area contributed by atoms with Crippen molar-refractivity contribution in [3.05, 3.63) is 33.3 Å². The Hall–Kier alpha value is -0.920. The van der Waals surface area contributed by atoms with Gasteiger partial charge in [-0.1, -0.05) is 22.0 Å². The highest BCUT2D eigenvalue weighted by atomic mass is 79.9. The molecular formula is C15H17BrF3NO2. The van der Waals surface area contributed by atoms with Gasteiger partial charge < -0.3 is 4.74 Å². The summed E-state index contributed by atoms with van der Waals surface area (Å²) in [5, 5.41) is 0. The minimum Gasteiger partial charge on any atom is -0.380 e. The van der Waals surface area contributed by atoms with Crippen LogP contribution in [0, 0.1) is 0 Å². The number of carbonyl (C=O) groups excluding carboxylic acids is 1. The van der Waals surface area contributed by atoms with Crippen LogP contribution in [0.3, 0.4) is 0 Å². The lowest BCUT2D eigenvalue weighted by Gasteiger charge is -2.29. The number of fused-ring (bicyclic) bond motifs is 1. The molecule has 1 atom stereocenters. The van der Waals surface area contributed by atoms with E-state index in [1.807, 2.05) is 6.07 Å². The lowest BCUT2D eigenvalue weighted by Crippen LogP contribution is -2.49. The van der Waals surface area contributed by atoms with E-state index >= 15 is 0 Å². The fourth-order valence-corrected chi connectivity index (χ4v) is 3.29. The highest BCUT2D eigenvalue weighted by Crippen LogP contribution is 2.32. The van der Waals surface area contributed by atoms with Crippen LogP contribution in [0.4, 0.5) is 13.2 Å². The van der Waals surface area contributed by atoms with Gasteiger partial charge in [0, 0.05) is 18.1 Å². The Bertz CT molecular complexity index is 575. The first kappa shape index (κ1) is 17.4. The quantitative estimate of drug-likeness (QED) is 0.753. The molecule has 1 aliphatic heterocycles. The van der Waals surface area contributed by atoms with Crippen LogP contribution in [0.15, 0.2) is 16.6 Å². The van der Waals surface area contributed by atoms with E-state index in [1.54, 1.807) is 13.2 Å². The molecule has 22 heavy (non-hydrogen) atoms. The van der Waals surface area contributed by atoms with Gasteiger partial charge in [-0.05, 0) is 42.5 Å². The van der Waals surface area contributed by atoms with E-state index in [-0.39, 0.29) is 19.4 Å².